The zero-order chi connectivity index (χ0) is 16.4. The van der Waals surface area contributed by atoms with Crippen LogP contribution >= 0.6 is 11.3 Å². The topological polar surface area (TPSA) is 72.5 Å². The number of fused-ring (bicyclic) bond motifs is 1. The highest BCUT2D eigenvalue weighted by atomic mass is 32.3. The van der Waals surface area contributed by atoms with E-state index in [-0.39, 0.29) is 10.1 Å². The van der Waals surface area contributed by atoms with Gasteiger partial charge < -0.3 is 9.50 Å². The Kier molecular flexibility index (Phi) is 4.41. The van der Waals surface area contributed by atoms with E-state index in [9.17, 15) is 13.2 Å². The molecule has 0 bridgehead atoms. The summed E-state index contributed by atoms with van der Waals surface area (Å²) in [6.07, 6.45) is 3.11. The second-order valence-corrected chi connectivity index (χ2v) is 8.39. The molecule has 5 nitrogen and oxygen atoms in total. The summed E-state index contributed by atoms with van der Waals surface area (Å²) in [5, 5.41) is 2.64. The van der Waals surface area contributed by atoms with Crippen molar-refractivity contribution in [3.8, 4) is 5.75 Å². The fraction of sp³-hybridized carbons (Fsp3) is 0.312. The van der Waals surface area contributed by atoms with Crippen molar-refractivity contribution in [1.82, 2.24) is 5.32 Å². The van der Waals surface area contributed by atoms with E-state index >= 15 is 0 Å². The summed E-state index contributed by atoms with van der Waals surface area (Å²) in [6.45, 7) is 1.73. The number of carbonyl (C=O) groups excluding carboxylic acids is 1. The lowest BCUT2D eigenvalue weighted by atomic mass is 10.1. The zero-order valence-corrected chi connectivity index (χ0v) is 14.3. The molecule has 0 fully saturated rings. The average Bonchev–Trinajstić information content (AvgIpc) is 3.13. The van der Waals surface area contributed by atoms with Gasteiger partial charge in [0.2, 0.25) is 5.91 Å². The maximum atomic E-state index is 12.4. The Bertz CT molecular complexity index is 840. The van der Waals surface area contributed by atoms with Crippen LogP contribution in [0, 0.1) is 0 Å². The number of nitrogens with one attached hydrogen (secondary N) is 1. The van der Waals surface area contributed by atoms with Gasteiger partial charge >= 0.3 is 10.1 Å². The Hall–Kier alpha value is -1.86. The second kappa shape index (κ2) is 6.33. The van der Waals surface area contributed by atoms with Gasteiger partial charge in [0.25, 0.3) is 0 Å². The number of aryl methyl sites for hydroxylation is 2. The molecule has 1 aromatic heterocycles. The Morgan fingerprint density at radius 1 is 1.22 bits per heavy atom. The molecule has 1 heterocycles. The summed E-state index contributed by atoms with van der Waals surface area (Å²) in [6, 6.07) is 8.63. The van der Waals surface area contributed by atoms with Crippen molar-refractivity contribution in [2.75, 3.05) is 0 Å². The number of thiophene rings is 1. The van der Waals surface area contributed by atoms with Gasteiger partial charge in [-0.3, -0.25) is 4.79 Å². The van der Waals surface area contributed by atoms with Crippen LogP contribution in [0.3, 0.4) is 0 Å². The first-order valence-electron chi connectivity index (χ1n) is 7.33. The number of benzene rings is 1. The molecule has 1 aromatic carbocycles. The van der Waals surface area contributed by atoms with Crippen LogP contribution in [-0.4, -0.2) is 14.3 Å². The first-order valence-corrected chi connectivity index (χ1v) is 9.56. The quantitative estimate of drug-likeness (QED) is 0.841. The molecule has 0 saturated carbocycles. The first-order chi connectivity index (χ1) is 10.9. The van der Waals surface area contributed by atoms with Crippen LogP contribution in [0.15, 0.2) is 34.5 Å². The fourth-order valence-corrected chi connectivity index (χ4v) is 4.75. The summed E-state index contributed by atoms with van der Waals surface area (Å²) in [4.78, 5) is 11.7. The van der Waals surface area contributed by atoms with E-state index in [0.717, 1.165) is 41.0 Å². The number of hydrogen-bond acceptors (Lipinski definition) is 5. The molecular formula is C16H17NO4S2. The Morgan fingerprint density at radius 2 is 2.00 bits per heavy atom. The summed E-state index contributed by atoms with van der Waals surface area (Å²) in [7, 11) is -3.84. The highest BCUT2D eigenvalue weighted by Crippen LogP contribution is 2.29. The van der Waals surface area contributed by atoms with Crippen molar-refractivity contribution < 1.29 is 17.4 Å². The summed E-state index contributed by atoms with van der Waals surface area (Å²) in [5.74, 6) is 0.194. The molecule has 1 amide bonds. The number of amides is 1. The highest BCUT2D eigenvalue weighted by molar-refractivity contribution is 7.89. The lowest BCUT2D eigenvalue weighted by molar-refractivity contribution is -0.119. The molecule has 1 aliphatic carbocycles. The predicted octanol–water partition coefficient (Wildman–Crippen LogP) is 2.64. The minimum atomic E-state index is -3.84. The Balaban J connectivity index is 1.75. The largest absolute Gasteiger partial charge is 0.378 e. The van der Waals surface area contributed by atoms with Gasteiger partial charge in [-0.2, -0.15) is 8.42 Å². The van der Waals surface area contributed by atoms with Crippen LogP contribution in [0.25, 0.3) is 0 Å². The minimum absolute atomic E-state index is 0.137. The molecule has 23 heavy (non-hydrogen) atoms. The average molecular weight is 351 g/mol. The smallest absolute Gasteiger partial charge is 0.348 e. The minimum Gasteiger partial charge on any atom is -0.378 e. The van der Waals surface area contributed by atoms with E-state index in [1.165, 1.54) is 18.6 Å². The summed E-state index contributed by atoms with van der Waals surface area (Å²) < 4.78 is 30.1. The van der Waals surface area contributed by atoms with Gasteiger partial charge in [-0.25, -0.2) is 0 Å². The number of carbonyl (C=O) groups is 1. The Morgan fingerprint density at radius 3 is 2.78 bits per heavy atom. The third kappa shape index (κ3) is 3.73. The molecule has 1 aliphatic rings. The lowest BCUT2D eigenvalue weighted by Gasteiger charge is -2.07. The van der Waals surface area contributed by atoms with E-state index in [1.54, 1.807) is 12.1 Å². The van der Waals surface area contributed by atoms with Crippen molar-refractivity contribution in [2.24, 2.45) is 0 Å². The van der Waals surface area contributed by atoms with Crippen molar-refractivity contribution in [3.05, 3.63) is 46.3 Å². The van der Waals surface area contributed by atoms with Gasteiger partial charge in [-0.1, -0.05) is 6.07 Å². The van der Waals surface area contributed by atoms with Gasteiger partial charge in [0.1, 0.15) is 5.75 Å². The molecule has 3 rings (SSSR count). The van der Waals surface area contributed by atoms with Crippen LogP contribution in [0.1, 0.15) is 29.3 Å². The van der Waals surface area contributed by atoms with E-state index in [4.69, 9.17) is 4.18 Å². The van der Waals surface area contributed by atoms with Crippen molar-refractivity contribution >= 4 is 27.4 Å². The van der Waals surface area contributed by atoms with Crippen molar-refractivity contribution in [1.29, 1.82) is 0 Å². The molecule has 0 unspecified atom stereocenters. The summed E-state index contributed by atoms with van der Waals surface area (Å²) >= 11 is 1.10. The number of rotatable bonds is 5. The van der Waals surface area contributed by atoms with E-state index in [1.807, 2.05) is 12.1 Å². The summed E-state index contributed by atoms with van der Waals surface area (Å²) in [5.41, 5.74) is 2.43. The second-order valence-electron chi connectivity index (χ2n) is 5.45. The monoisotopic (exact) mass is 351 g/mol. The third-order valence-electron chi connectivity index (χ3n) is 3.67. The number of hydrogen-bond donors (Lipinski definition) is 1. The van der Waals surface area contributed by atoms with Crippen LogP contribution in [0.5, 0.6) is 5.75 Å². The van der Waals surface area contributed by atoms with E-state index in [2.05, 4.69) is 5.32 Å². The SMILES string of the molecule is CC(=O)NCc1ccc(S(=O)(=O)Oc2ccc3c(c2)CCC3)s1. The van der Waals surface area contributed by atoms with Crippen LogP contribution in [-0.2, 0) is 34.3 Å². The van der Waals surface area contributed by atoms with Gasteiger partial charge in [0.15, 0.2) is 4.21 Å². The molecule has 0 aliphatic heterocycles. The molecular weight excluding hydrogens is 334 g/mol. The maximum absolute atomic E-state index is 12.4. The van der Waals surface area contributed by atoms with Crippen molar-refractivity contribution in [2.45, 2.75) is 36.9 Å². The highest BCUT2D eigenvalue weighted by Gasteiger charge is 2.21. The molecule has 0 radical (unpaired) electrons. The standard InChI is InChI=1S/C16H17NO4S2/c1-11(18)17-10-15-7-8-16(22-15)23(19,20)21-14-6-5-12-3-2-4-13(12)9-14/h5-9H,2-4,10H2,1H3,(H,17,18). The van der Waals surface area contributed by atoms with Crippen molar-refractivity contribution in [3.63, 3.8) is 0 Å². The Labute approximate surface area is 139 Å². The van der Waals surface area contributed by atoms with Crippen LogP contribution in [0.2, 0.25) is 0 Å². The third-order valence-corrected chi connectivity index (χ3v) is 6.45. The molecule has 0 atom stereocenters. The predicted molar refractivity (Wildman–Crippen MR) is 88.1 cm³/mol. The van der Waals surface area contributed by atoms with Crippen LogP contribution < -0.4 is 9.50 Å². The van der Waals surface area contributed by atoms with Gasteiger partial charge in [-0.05, 0) is 54.7 Å². The lowest BCUT2D eigenvalue weighted by Crippen LogP contribution is -2.18. The normalized spacial score (nSPS) is 13.6. The van der Waals surface area contributed by atoms with E-state index in [0.29, 0.717) is 12.3 Å². The molecule has 2 aromatic rings. The van der Waals surface area contributed by atoms with Gasteiger partial charge in [0.05, 0.1) is 6.54 Å². The molecule has 122 valence electrons. The molecule has 1 N–H and O–H groups in total. The zero-order valence-electron chi connectivity index (χ0n) is 12.7. The van der Waals surface area contributed by atoms with Crippen LogP contribution in [0.4, 0.5) is 0 Å². The first kappa shape index (κ1) is 16.0. The van der Waals surface area contributed by atoms with E-state index < -0.39 is 10.1 Å². The van der Waals surface area contributed by atoms with Gasteiger partial charge in [-0.15, -0.1) is 11.3 Å². The molecule has 0 saturated heterocycles. The van der Waals surface area contributed by atoms with Gasteiger partial charge in [0, 0.05) is 11.8 Å². The maximum Gasteiger partial charge on any atom is 0.348 e. The molecule has 0 spiro atoms. The fourth-order valence-electron chi connectivity index (χ4n) is 2.57. The molecule has 7 heteroatoms.